The summed E-state index contributed by atoms with van der Waals surface area (Å²) in [5, 5.41) is 0. The van der Waals surface area contributed by atoms with Gasteiger partial charge < -0.3 is 10.3 Å². The summed E-state index contributed by atoms with van der Waals surface area (Å²) < 4.78 is 29.3. The Labute approximate surface area is 176 Å². The molecule has 0 saturated carbocycles. The van der Waals surface area contributed by atoms with Crippen molar-refractivity contribution in [2.45, 2.75) is 11.3 Å². The summed E-state index contributed by atoms with van der Waals surface area (Å²) in [6, 6.07) is 14.0. The monoisotopic (exact) mass is 423 g/mol. The molecule has 0 spiro atoms. The molecule has 0 fully saturated rings. The number of hydrogen-bond acceptors (Lipinski definition) is 5. The van der Waals surface area contributed by atoms with Gasteiger partial charge in [0.05, 0.1) is 21.6 Å². The van der Waals surface area contributed by atoms with E-state index in [0.717, 1.165) is 11.3 Å². The normalized spacial score (nSPS) is 12.5. The van der Waals surface area contributed by atoms with Gasteiger partial charge in [-0.3, -0.25) is 9.30 Å². The number of para-hydroxylation sites is 1. The van der Waals surface area contributed by atoms with Gasteiger partial charge in [-0.15, -0.1) is 0 Å². The fourth-order valence-corrected chi connectivity index (χ4v) is 4.21. The van der Waals surface area contributed by atoms with Crippen molar-refractivity contribution >= 4 is 33.0 Å². The van der Waals surface area contributed by atoms with E-state index in [1.165, 1.54) is 4.31 Å². The fourth-order valence-electron chi connectivity index (χ4n) is 2.99. The number of sulfonamides is 1. The number of benzene rings is 2. The van der Waals surface area contributed by atoms with Crippen molar-refractivity contribution in [3.05, 3.63) is 78.8 Å². The molecule has 3 aromatic rings. The van der Waals surface area contributed by atoms with Gasteiger partial charge in [-0.2, -0.15) is 0 Å². The van der Waals surface area contributed by atoms with E-state index in [-0.39, 0.29) is 4.90 Å². The molecule has 0 aliphatic carbocycles. The van der Waals surface area contributed by atoms with Crippen molar-refractivity contribution in [1.29, 1.82) is 0 Å². The van der Waals surface area contributed by atoms with Crippen LogP contribution in [0.5, 0.6) is 0 Å². The third-order valence-corrected chi connectivity index (χ3v) is 6.58. The lowest BCUT2D eigenvalue weighted by molar-refractivity contribution is 0.594. The standard InChI is InChI=1S/C22H25N5O2S/c1-4-17(23)12-14-24-15-13-22-25-20-16-19(10-11-21(20)26(22)2)30(28,29)27(3)18-8-6-5-7-9-18/h4-12,14,16H,1,13,15,23H2,2-3H3/b17-12+,24-14?. The lowest BCUT2D eigenvalue weighted by Gasteiger charge is -2.19. The molecule has 1 aromatic heterocycles. The van der Waals surface area contributed by atoms with Gasteiger partial charge in [0.2, 0.25) is 0 Å². The van der Waals surface area contributed by atoms with Crippen LogP contribution in [0.3, 0.4) is 0 Å². The van der Waals surface area contributed by atoms with Crippen LogP contribution in [-0.4, -0.2) is 37.8 Å². The molecule has 0 radical (unpaired) electrons. The van der Waals surface area contributed by atoms with E-state index in [4.69, 9.17) is 5.73 Å². The van der Waals surface area contributed by atoms with E-state index >= 15 is 0 Å². The molecule has 8 heteroatoms. The SMILES string of the molecule is C=C/C(N)=C\C=NCCc1nc2cc(S(=O)(=O)N(C)c3ccccc3)ccc2n1C. The minimum Gasteiger partial charge on any atom is -0.399 e. The zero-order chi connectivity index (χ0) is 21.7. The maximum absolute atomic E-state index is 13.0. The number of fused-ring (bicyclic) bond motifs is 1. The Hall–Kier alpha value is -3.39. The van der Waals surface area contributed by atoms with Gasteiger partial charge in [0.25, 0.3) is 10.0 Å². The van der Waals surface area contributed by atoms with Crippen LogP contribution in [0.15, 0.2) is 82.8 Å². The first-order valence-electron chi connectivity index (χ1n) is 9.42. The van der Waals surface area contributed by atoms with Crippen LogP contribution < -0.4 is 10.0 Å². The summed E-state index contributed by atoms with van der Waals surface area (Å²) in [5.74, 6) is 0.828. The summed E-state index contributed by atoms with van der Waals surface area (Å²) in [5.41, 5.74) is 8.28. The van der Waals surface area contributed by atoms with Crippen LogP contribution in [0.1, 0.15) is 5.82 Å². The number of aliphatic imine (C=N–C) groups is 1. The Kier molecular flexibility index (Phi) is 6.37. The van der Waals surface area contributed by atoms with Crippen LogP contribution >= 0.6 is 0 Å². The minimum absolute atomic E-state index is 0.203. The van der Waals surface area contributed by atoms with Gasteiger partial charge in [-0.25, -0.2) is 13.4 Å². The van der Waals surface area contributed by atoms with Gasteiger partial charge >= 0.3 is 0 Å². The Balaban J connectivity index is 1.84. The molecule has 0 atom stereocenters. The largest absolute Gasteiger partial charge is 0.399 e. The summed E-state index contributed by atoms with van der Waals surface area (Å²) in [7, 11) is -0.231. The van der Waals surface area contributed by atoms with Crippen molar-refractivity contribution in [1.82, 2.24) is 9.55 Å². The summed E-state index contributed by atoms with van der Waals surface area (Å²) >= 11 is 0. The fraction of sp³-hybridized carbons (Fsp3) is 0.182. The number of aryl methyl sites for hydroxylation is 1. The second-order valence-electron chi connectivity index (χ2n) is 6.72. The molecule has 2 N–H and O–H groups in total. The average Bonchev–Trinajstić information content (AvgIpc) is 3.08. The highest BCUT2D eigenvalue weighted by molar-refractivity contribution is 7.92. The number of nitrogens with zero attached hydrogens (tertiary/aromatic N) is 4. The van der Waals surface area contributed by atoms with Crippen LogP contribution in [-0.2, 0) is 23.5 Å². The topological polar surface area (TPSA) is 93.6 Å². The van der Waals surface area contributed by atoms with E-state index in [2.05, 4.69) is 16.6 Å². The first kappa shape index (κ1) is 21.3. The van der Waals surface area contributed by atoms with E-state index in [9.17, 15) is 8.42 Å². The predicted octanol–water partition coefficient (Wildman–Crippen LogP) is 3.04. The lowest BCUT2D eigenvalue weighted by atomic mass is 10.3. The third kappa shape index (κ3) is 4.44. The molecular formula is C22H25N5O2S. The Morgan fingerprint density at radius 2 is 2.00 bits per heavy atom. The Morgan fingerprint density at radius 1 is 1.27 bits per heavy atom. The second kappa shape index (κ2) is 8.96. The molecule has 156 valence electrons. The van der Waals surface area contributed by atoms with E-state index in [0.29, 0.717) is 29.9 Å². The molecule has 0 saturated heterocycles. The molecule has 30 heavy (non-hydrogen) atoms. The van der Waals surface area contributed by atoms with Crippen molar-refractivity contribution in [2.75, 3.05) is 17.9 Å². The van der Waals surface area contributed by atoms with Crippen molar-refractivity contribution in [2.24, 2.45) is 17.8 Å². The summed E-state index contributed by atoms with van der Waals surface area (Å²) in [6.07, 6.45) is 5.50. The number of imidazole rings is 1. The van der Waals surface area contributed by atoms with Crippen LogP contribution in [0.25, 0.3) is 11.0 Å². The molecule has 0 aliphatic rings. The summed E-state index contributed by atoms with van der Waals surface area (Å²) in [4.78, 5) is 9.11. The van der Waals surface area contributed by atoms with Crippen molar-refractivity contribution in [3.63, 3.8) is 0 Å². The van der Waals surface area contributed by atoms with Gasteiger partial charge in [-0.05, 0) is 42.5 Å². The van der Waals surface area contributed by atoms with Gasteiger partial charge in [-0.1, -0.05) is 24.8 Å². The lowest BCUT2D eigenvalue weighted by Crippen LogP contribution is -2.26. The number of nitrogens with two attached hydrogens (primary N) is 1. The number of hydrogen-bond donors (Lipinski definition) is 1. The molecule has 7 nitrogen and oxygen atoms in total. The Bertz CT molecular complexity index is 1210. The van der Waals surface area contributed by atoms with Crippen LogP contribution in [0, 0.1) is 0 Å². The first-order valence-corrected chi connectivity index (χ1v) is 10.9. The summed E-state index contributed by atoms with van der Waals surface area (Å²) in [6.45, 7) is 4.12. The highest BCUT2D eigenvalue weighted by atomic mass is 32.2. The molecular weight excluding hydrogens is 398 g/mol. The first-order chi connectivity index (χ1) is 14.3. The maximum atomic E-state index is 13.0. The molecule has 1 heterocycles. The van der Waals surface area contributed by atoms with Gasteiger partial charge in [0.15, 0.2) is 0 Å². The second-order valence-corrected chi connectivity index (χ2v) is 8.69. The number of anilines is 1. The van der Waals surface area contributed by atoms with Gasteiger partial charge in [0.1, 0.15) is 5.82 Å². The molecule has 3 rings (SSSR count). The van der Waals surface area contributed by atoms with E-state index in [1.807, 2.05) is 17.7 Å². The molecule has 0 aliphatic heterocycles. The zero-order valence-corrected chi connectivity index (χ0v) is 17.9. The maximum Gasteiger partial charge on any atom is 0.264 e. The predicted molar refractivity (Wildman–Crippen MR) is 122 cm³/mol. The highest BCUT2D eigenvalue weighted by Gasteiger charge is 2.22. The number of allylic oxidation sites excluding steroid dienone is 2. The zero-order valence-electron chi connectivity index (χ0n) is 17.1. The van der Waals surface area contributed by atoms with E-state index < -0.39 is 10.0 Å². The van der Waals surface area contributed by atoms with E-state index in [1.54, 1.807) is 67.9 Å². The molecule has 0 bridgehead atoms. The number of aromatic nitrogens is 2. The quantitative estimate of drug-likeness (QED) is 0.445. The van der Waals surface area contributed by atoms with Crippen LogP contribution in [0.4, 0.5) is 5.69 Å². The Morgan fingerprint density at radius 3 is 2.70 bits per heavy atom. The molecule has 0 unspecified atom stereocenters. The highest BCUT2D eigenvalue weighted by Crippen LogP contribution is 2.25. The third-order valence-electron chi connectivity index (χ3n) is 4.80. The molecule has 2 aromatic carbocycles. The van der Waals surface area contributed by atoms with Crippen LogP contribution in [0.2, 0.25) is 0 Å². The minimum atomic E-state index is -3.69. The average molecular weight is 424 g/mol. The number of rotatable bonds is 8. The van der Waals surface area contributed by atoms with Gasteiger partial charge in [0, 0.05) is 39.0 Å². The van der Waals surface area contributed by atoms with Crippen molar-refractivity contribution in [3.8, 4) is 0 Å². The molecule has 0 amide bonds. The van der Waals surface area contributed by atoms with Crippen molar-refractivity contribution < 1.29 is 8.42 Å². The smallest absolute Gasteiger partial charge is 0.264 e.